The summed E-state index contributed by atoms with van der Waals surface area (Å²) < 4.78 is 0. The van der Waals surface area contributed by atoms with Gasteiger partial charge in [0.05, 0.1) is 31.5 Å². The Hall–Kier alpha value is -1.24. The summed E-state index contributed by atoms with van der Waals surface area (Å²) in [6, 6.07) is 4.70. The zero-order chi connectivity index (χ0) is 15.1. The fourth-order valence-electron chi connectivity index (χ4n) is 2.77. The first-order valence-electron chi connectivity index (χ1n) is 7.59. The average molecular weight is 306 g/mol. The third kappa shape index (κ3) is 4.91. The molecule has 0 N–H and O–H groups in total. The fraction of sp³-hybridized carbons (Fsp3) is 0.800. The first kappa shape index (κ1) is 16.1. The molecule has 2 aliphatic rings. The average Bonchev–Trinajstić information content (AvgIpc) is 3.32. The van der Waals surface area contributed by atoms with Gasteiger partial charge in [-0.1, -0.05) is 0 Å². The monoisotopic (exact) mass is 306 g/mol. The number of nitriles is 2. The van der Waals surface area contributed by atoms with Crippen molar-refractivity contribution in [3.05, 3.63) is 0 Å². The Morgan fingerprint density at radius 3 is 2.48 bits per heavy atom. The van der Waals surface area contributed by atoms with E-state index in [9.17, 15) is 4.79 Å². The van der Waals surface area contributed by atoms with Gasteiger partial charge in [0.1, 0.15) is 0 Å². The zero-order valence-electron chi connectivity index (χ0n) is 12.3. The van der Waals surface area contributed by atoms with Crippen molar-refractivity contribution < 1.29 is 4.79 Å². The van der Waals surface area contributed by atoms with Gasteiger partial charge < -0.3 is 4.90 Å². The van der Waals surface area contributed by atoms with E-state index in [1.807, 2.05) is 11.8 Å². The summed E-state index contributed by atoms with van der Waals surface area (Å²) in [6.07, 6.45) is 3.25. The van der Waals surface area contributed by atoms with Crippen molar-refractivity contribution in [1.29, 1.82) is 10.5 Å². The smallest absolute Gasteiger partial charge is 0.236 e. The van der Waals surface area contributed by atoms with Crippen molar-refractivity contribution in [3.8, 4) is 12.1 Å². The Morgan fingerprint density at radius 2 is 1.90 bits per heavy atom. The summed E-state index contributed by atoms with van der Waals surface area (Å²) in [5.74, 6) is 3.07. The van der Waals surface area contributed by atoms with Gasteiger partial charge in [0.15, 0.2) is 0 Å². The molecule has 0 aromatic heterocycles. The van der Waals surface area contributed by atoms with E-state index in [4.69, 9.17) is 10.5 Å². The Morgan fingerprint density at radius 1 is 1.24 bits per heavy atom. The molecule has 0 radical (unpaired) electrons. The number of carbonyl (C=O) groups is 1. The van der Waals surface area contributed by atoms with Crippen LogP contribution in [0.2, 0.25) is 0 Å². The van der Waals surface area contributed by atoms with Crippen LogP contribution in [0.1, 0.15) is 25.7 Å². The van der Waals surface area contributed by atoms with Crippen molar-refractivity contribution in [1.82, 2.24) is 9.80 Å². The number of thioether (sulfide) groups is 1. The minimum atomic E-state index is 0.0676. The lowest BCUT2D eigenvalue weighted by Crippen LogP contribution is -2.49. The molecule has 2 fully saturated rings. The van der Waals surface area contributed by atoms with Crippen LogP contribution in [0.4, 0.5) is 0 Å². The van der Waals surface area contributed by atoms with E-state index in [-0.39, 0.29) is 5.91 Å². The summed E-state index contributed by atoms with van der Waals surface area (Å²) in [5.41, 5.74) is 0. The molecule has 5 nitrogen and oxygen atoms in total. The molecule has 2 rings (SSSR count). The Kier molecular flexibility index (Phi) is 6.35. The Labute approximate surface area is 130 Å². The van der Waals surface area contributed by atoms with Gasteiger partial charge in [-0.25, -0.2) is 0 Å². The molecule has 1 heterocycles. The first-order valence-corrected chi connectivity index (χ1v) is 8.75. The second-order valence-electron chi connectivity index (χ2n) is 5.65. The van der Waals surface area contributed by atoms with Gasteiger partial charge in [0.2, 0.25) is 5.91 Å². The molecule has 6 heteroatoms. The maximum Gasteiger partial charge on any atom is 0.236 e. The topological polar surface area (TPSA) is 71.1 Å². The van der Waals surface area contributed by atoms with Crippen molar-refractivity contribution >= 4 is 17.7 Å². The highest BCUT2D eigenvalue weighted by Crippen LogP contribution is 2.38. The lowest BCUT2D eigenvalue weighted by molar-refractivity contribution is -0.132. The van der Waals surface area contributed by atoms with Gasteiger partial charge >= 0.3 is 0 Å². The highest BCUT2D eigenvalue weighted by Gasteiger charge is 2.37. The van der Waals surface area contributed by atoms with Gasteiger partial charge in [-0.05, 0) is 18.8 Å². The van der Waals surface area contributed by atoms with Crippen molar-refractivity contribution in [2.24, 2.45) is 5.92 Å². The molecule has 1 atom stereocenters. The molecule has 0 aromatic rings. The second kappa shape index (κ2) is 8.26. The van der Waals surface area contributed by atoms with E-state index in [1.165, 1.54) is 12.8 Å². The van der Waals surface area contributed by atoms with Crippen LogP contribution in [0.15, 0.2) is 0 Å². The van der Waals surface area contributed by atoms with Crippen LogP contribution < -0.4 is 0 Å². The van der Waals surface area contributed by atoms with Crippen LogP contribution in [0, 0.1) is 28.6 Å². The summed E-state index contributed by atoms with van der Waals surface area (Å²) in [6.45, 7) is 2.29. The molecule has 21 heavy (non-hydrogen) atoms. The lowest BCUT2D eigenvalue weighted by Gasteiger charge is -2.36. The third-order valence-corrected chi connectivity index (χ3v) is 5.17. The highest BCUT2D eigenvalue weighted by atomic mass is 32.2. The van der Waals surface area contributed by atoms with Gasteiger partial charge in [0, 0.05) is 37.2 Å². The van der Waals surface area contributed by atoms with E-state index >= 15 is 0 Å². The van der Waals surface area contributed by atoms with E-state index in [0.29, 0.717) is 38.5 Å². The quantitative estimate of drug-likeness (QED) is 0.712. The standard InChI is InChI=1S/C15H22N4OS/c16-5-1-7-18(8-2-6-17)15(20)11-19-9-10-21-12-14(19)13-3-4-13/h13-14H,1-4,7-12H2/t14-/m0/s1. The van der Waals surface area contributed by atoms with Crippen LogP contribution in [-0.2, 0) is 4.79 Å². The molecule has 0 spiro atoms. The van der Waals surface area contributed by atoms with Gasteiger partial charge in [0.25, 0.3) is 0 Å². The molecular weight excluding hydrogens is 284 g/mol. The summed E-state index contributed by atoms with van der Waals surface area (Å²) in [4.78, 5) is 16.5. The normalized spacial score (nSPS) is 22.3. The minimum Gasteiger partial charge on any atom is -0.340 e. The number of amides is 1. The fourth-order valence-corrected chi connectivity index (χ4v) is 4.03. The van der Waals surface area contributed by atoms with E-state index in [1.54, 1.807) is 4.90 Å². The first-order chi connectivity index (χ1) is 10.3. The van der Waals surface area contributed by atoms with Crippen LogP contribution in [0.3, 0.4) is 0 Å². The molecule has 0 aromatic carbocycles. The summed E-state index contributed by atoms with van der Waals surface area (Å²) in [5, 5.41) is 17.4. The molecule has 1 saturated heterocycles. The lowest BCUT2D eigenvalue weighted by atomic mass is 10.1. The SMILES string of the molecule is N#CCCN(CCC#N)C(=O)CN1CCSC[C@H]1C1CC1. The van der Waals surface area contributed by atoms with E-state index < -0.39 is 0 Å². The Bertz CT molecular complexity index is 420. The number of hydrogen-bond donors (Lipinski definition) is 0. The molecule has 1 saturated carbocycles. The molecule has 114 valence electrons. The molecule has 1 aliphatic heterocycles. The maximum atomic E-state index is 12.5. The molecule has 1 aliphatic carbocycles. The molecule has 1 amide bonds. The van der Waals surface area contributed by atoms with Gasteiger partial charge in [-0.3, -0.25) is 9.69 Å². The van der Waals surface area contributed by atoms with Crippen molar-refractivity contribution in [2.75, 3.05) is 37.7 Å². The minimum absolute atomic E-state index is 0.0676. The Balaban J connectivity index is 1.89. The number of hydrogen-bond acceptors (Lipinski definition) is 5. The number of nitrogens with zero attached hydrogens (tertiary/aromatic N) is 4. The van der Waals surface area contributed by atoms with Crippen molar-refractivity contribution in [3.63, 3.8) is 0 Å². The van der Waals surface area contributed by atoms with Gasteiger partial charge in [-0.2, -0.15) is 22.3 Å². The third-order valence-electron chi connectivity index (χ3n) is 4.12. The predicted molar refractivity (Wildman–Crippen MR) is 82.5 cm³/mol. The number of rotatable bonds is 7. The van der Waals surface area contributed by atoms with Crippen molar-refractivity contribution in [2.45, 2.75) is 31.7 Å². The second-order valence-corrected chi connectivity index (χ2v) is 6.80. The maximum absolute atomic E-state index is 12.5. The number of carbonyl (C=O) groups excluding carboxylic acids is 1. The van der Waals surface area contributed by atoms with Crippen LogP contribution in [-0.4, -0.2) is 59.4 Å². The molecule has 0 unspecified atom stereocenters. The van der Waals surface area contributed by atoms with Crippen LogP contribution in [0.5, 0.6) is 0 Å². The largest absolute Gasteiger partial charge is 0.340 e. The molecule has 0 bridgehead atoms. The van der Waals surface area contributed by atoms with E-state index in [0.717, 1.165) is 24.0 Å². The zero-order valence-corrected chi connectivity index (χ0v) is 13.1. The van der Waals surface area contributed by atoms with Crippen LogP contribution >= 0.6 is 11.8 Å². The summed E-state index contributed by atoms with van der Waals surface area (Å²) in [7, 11) is 0. The highest BCUT2D eigenvalue weighted by molar-refractivity contribution is 7.99. The predicted octanol–water partition coefficient (Wildman–Crippen LogP) is 1.47. The summed E-state index contributed by atoms with van der Waals surface area (Å²) >= 11 is 1.99. The van der Waals surface area contributed by atoms with Gasteiger partial charge in [-0.15, -0.1) is 0 Å². The molecular formula is C15H22N4OS. The van der Waals surface area contributed by atoms with Crippen LogP contribution in [0.25, 0.3) is 0 Å². The van der Waals surface area contributed by atoms with E-state index in [2.05, 4.69) is 17.0 Å².